The number of hydrogen-bond donors (Lipinski definition) is 2. The fourth-order valence-corrected chi connectivity index (χ4v) is 2.32. The van der Waals surface area contributed by atoms with Gasteiger partial charge in [0.25, 0.3) is 0 Å². The standard InChI is InChI=1S/C18H23N3O2S/c1-4-22-15-9-8-14(11-16(15)23-5-2)12-20-18(24)21-17-13(3)7-6-10-19-17/h6-11H,4-5,12H2,1-3H3,(H2,19,20,21,24). The smallest absolute Gasteiger partial charge is 0.172 e. The van der Waals surface area contributed by atoms with E-state index in [1.54, 1.807) is 6.20 Å². The average molecular weight is 345 g/mol. The van der Waals surface area contributed by atoms with Crippen molar-refractivity contribution in [2.24, 2.45) is 0 Å². The van der Waals surface area contributed by atoms with Gasteiger partial charge in [-0.1, -0.05) is 12.1 Å². The maximum Gasteiger partial charge on any atom is 0.172 e. The van der Waals surface area contributed by atoms with Gasteiger partial charge < -0.3 is 20.1 Å². The van der Waals surface area contributed by atoms with Gasteiger partial charge in [0.05, 0.1) is 13.2 Å². The van der Waals surface area contributed by atoms with E-state index < -0.39 is 0 Å². The summed E-state index contributed by atoms with van der Waals surface area (Å²) in [7, 11) is 0. The zero-order chi connectivity index (χ0) is 17.4. The SMILES string of the molecule is CCOc1ccc(CNC(=S)Nc2ncccc2C)cc1OCC. The van der Waals surface area contributed by atoms with Crippen molar-refractivity contribution in [2.45, 2.75) is 27.3 Å². The Morgan fingerprint density at radius 2 is 1.88 bits per heavy atom. The number of thiocarbonyl (C=S) groups is 1. The molecule has 0 aliphatic carbocycles. The third-order valence-corrected chi connectivity index (χ3v) is 3.55. The van der Waals surface area contributed by atoms with Crippen molar-refractivity contribution in [2.75, 3.05) is 18.5 Å². The minimum absolute atomic E-state index is 0.531. The van der Waals surface area contributed by atoms with Gasteiger partial charge in [0.1, 0.15) is 5.82 Å². The summed E-state index contributed by atoms with van der Waals surface area (Å²) in [5.41, 5.74) is 2.10. The predicted octanol–water partition coefficient (Wildman–Crippen LogP) is 3.67. The van der Waals surface area contributed by atoms with Gasteiger partial charge in [-0.25, -0.2) is 4.98 Å². The average Bonchev–Trinajstić information content (AvgIpc) is 2.57. The summed E-state index contributed by atoms with van der Waals surface area (Å²) in [6.07, 6.45) is 1.73. The molecular formula is C18H23N3O2S. The Morgan fingerprint density at radius 1 is 1.12 bits per heavy atom. The Balaban J connectivity index is 1.97. The number of ether oxygens (including phenoxy) is 2. The van der Waals surface area contributed by atoms with Crippen LogP contribution in [0, 0.1) is 6.92 Å². The third-order valence-electron chi connectivity index (χ3n) is 3.30. The molecule has 2 N–H and O–H groups in total. The van der Waals surface area contributed by atoms with Gasteiger partial charge >= 0.3 is 0 Å². The van der Waals surface area contributed by atoms with E-state index in [0.717, 1.165) is 28.4 Å². The first kappa shape index (κ1) is 18.0. The molecule has 0 saturated heterocycles. The molecule has 1 aromatic heterocycles. The lowest BCUT2D eigenvalue weighted by atomic mass is 10.2. The van der Waals surface area contributed by atoms with Gasteiger partial charge in [0, 0.05) is 12.7 Å². The van der Waals surface area contributed by atoms with Crippen LogP contribution in [0.3, 0.4) is 0 Å². The van der Waals surface area contributed by atoms with E-state index in [1.165, 1.54) is 0 Å². The van der Waals surface area contributed by atoms with Crippen molar-refractivity contribution in [3.8, 4) is 11.5 Å². The summed E-state index contributed by atoms with van der Waals surface area (Å²) in [4.78, 5) is 4.27. The topological polar surface area (TPSA) is 55.4 Å². The predicted molar refractivity (Wildman–Crippen MR) is 101 cm³/mol. The number of anilines is 1. The summed E-state index contributed by atoms with van der Waals surface area (Å²) in [6.45, 7) is 7.68. The number of benzene rings is 1. The summed E-state index contributed by atoms with van der Waals surface area (Å²) in [5, 5.41) is 6.82. The van der Waals surface area contributed by atoms with Crippen LogP contribution >= 0.6 is 12.2 Å². The van der Waals surface area contributed by atoms with Crippen molar-refractivity contribution in [3.63, 3.8) is 0 Å². The molecule has 0 bridgehead atoms. The Hall–Kier alpha value is -2.34. The van der Waals surface area contributed by atoms with Crippen molar-refractivity contribution in [1.29, 1.82) is 0 Å². The Kier molecular flexibility index (Phi) is 6.81. The summed E-state index contributed by atoms with van der Waals surface area (Å²) >= 11 is 5.33. The van der Waals surface area contributed by atoms with Crippen LogP contribution in [0.4, 0.5) is 5.82 Å². The van der Waals surface area contributed by atoms with Crippen LogP contribution in [0.5, 0.6) is 11.5 Å². The van der Waals surface area contributed by atoms with E-state index in [9.17, 15) is 0 Å². The fourth-order valence-electron chi connectivity index (χ4n) is 2.16. The second-order valence-electron chi connectivity index (χ2n) is 5.12. The van der Waals surface area contributed by atoms with Gasteiger partial charge in [-0.2, -0.15) is 0 Å². The molecule has 0 unspecified atom stereocenters. The van der Waals surface area contributed by atoms with Crippen LogP contribution in [0.15, 0.2) is 36.5 Å². The minimum atomic E-state index is 0.531. The first-order valence-corrected chi connectivity index (χ1v) is 8.39. The zero-order valence-corrected chi connectivity index (χ0v) is 15.1. The maximum atomic E-state index is 5.64. The molecule has 0 aliphatic rings. The molecule has 0 amide bonds. The van der Waals surface area contributed by atoms with E-state index in [2.05, 4.69) is 15.6 Å². The number of rotatable bonds is 7. The second kappa shape index (κ2) is 9.08. The summed E-state index contributed by atoms with van der Waals surface area (Å²) in [6, 6.07) is 9.76. The van der Waals surface area contributed by atoms with Crippen molar-refractivity contribution < 1.29 is 9.47 Å². The largest absolute Gasteiger partial charge is 0.490 e. The van der Waals surface area contributed by atoms with Crippen LogP contribution < -0.4 is 20.1 Å². The number of nitrogens with zero attached hydrogens (tertiary/aromatic N) is 1. The molecule has 0 spiro atoms. The number of nitrogens with one attached hydrogen (secondary N) is 2. The second-order valence-corrected chi connectivity index (χ2v) is 5.53. The van der Waals surface area contributed by atoms with Crippen LogP contribution in [0.1, 0.15) is 25.0 Å². The Morgan fingerprint density at radius 3 is 2.58 bits per heavy atom. The molecule has 0 fully saturated rings. The number of aromatic nitrogens is 1. The van der Waals surface area contributed by atoms with E-state index >= 15 is 0 Å². The zero-order valence-electron chi connectivity index (χ0n) is 14.3. The first-order valence-electron chi connectivity index (χ1n) is 7.99. The van der Waals surface area contributed by atoms with E-state index in [4.69, 9.17) is 21.7 Å². The number of pyridine rings is 1. The highest BCUT2D eigenvalue weighted by molar-refractivity contribution is 7.80. The molecule has 0 radical (unpaired) electrons. The van der Waals surface area contributed by atoms with Gasteiger partial charge in [-0.15, -0.1) is 0 Å². The molecule has 2 rings (SSSR count). The number of hydrogen-bond acceptors (Lipinski definition) is 4. The maximum absolute atomic E-state index is 5.64. The lowest BCUT2D eigenvalue weighted by Crippen LogP contribution is -2.28. The van der Waals surface area contributed by atoms with E-state index in [0.29, 0.717) is 24.9 Å². The molecule has 6 heteroatoms. The minimum Gasteiger partial charge on any atom is -0.490 e. The van der Waals surface area contributed by atoms with E-state index in [1.807, 2.05) is 51.1 Å². The first-order chi connectivity index (χ1) is 11.6. The molecule has 2 aromatic rings. The van der Waals surface area contributed by atoms with Crippen LogP contribution in [-0.4, -0.2) is 23.3 Å². The van der Waals surface area contributed by atoms with Gasteiger partial charge in [0.15, 0.2) is 16.6 Å². The molecule has 0 aliphatic heterocycles. The highest BCUT2D eigenvalue weighted by Gasteiger charge is 2.07. The fraction of sp³-hybridized carbons (Fsp3) is 0.333. The lowest BCUT2D eigenvalue weighted by Gasteiger charge is -2.14. The quantitative estimate of drug-likeness (QED) is 0.747. The van der Waals surface area contributed by atoms with Gasteiger partial charge in [-0.05, 0) is 62.3 Å². The highest BCUT2D eigenvalue weighted by Crippen LogP contribution is 2.28. The van der Waals surface area contributed by atoms with Crippen molar-refractivity contribution in [1.82, 2.24) is 10.3 Å². The molecule has 5 nitrogen and oxygen atoms in total. The molecule has 1 aromatic carbocycles. The normalized spacial score (nSPS) is 10.1. The molecule has 0 atom stereocenters. The van der Waals surface area contributed by atoms with Gasteiger partial charge in [0.2, 0.25) is 0 Å². The van der Waals surface area contributed by atoms with Crippen LogP contribution in [0.25, 0.3) is 0 Å². The molecule has 128 valence electrons. The van der Waals surface area contributed by atoms with Crippen LogP contribution in [-0.2, 0) is 6.54 Å². The van der Waals surface area contributed by atoms with Gasteiger partial charge in [-0.3, -0.25) is 0 Å². The van der Waals surface area contributed by atoms with E-state index in [-0.39, 0.29) is 0 Å². The Labute approximate surface area is 148 Å². The Bertz CT molecular complexity index is 692. The third kappa shape index (κ3) is 5.09. The van der Waals surface area contributed by atoms with Crippen molar-refractivity contribution >= 4 is 23.1 Å². The highest BCUT2D eigenvalue weighted by atomic mass is 32.1. The molecule has 1 heterocycles. The molecule has 0 saturated carbocycles. The lowest BCUT2D eigenvalue weighted by molar-refractivity contribution is 0.287. The summed E-state index contributed by atoms with van der Waals surface area (Å²) < 4.78 is 11.2. The van der Waals surface area contributed by atoms with Crippen molar-refractivity contribution in [3.05, 3.63) is 47.7 Å². The summed E-state index contributed by atoms with van der Waals surface area (Å²) in [5.74, 6) is 2.27. The van der Waals surface area contributed by atoms with Crippen LogP contribution in [0.2, 0.25) is 0 Å². The molecule has 24 heavy (non-hydrogen) atoms. The number of aryl methyl sites for hydroxylation is 1. The molecular weight excluding hydrogens is 322 g/mol. The monoisotopic (exact) mass is 345 g/mol.